The second kappa shape index (κ2) is 19.6. The van der Waals surface area contributed by atoms with E-state index in [9.17, 15) is 38.7 Å². The van der Waals surface area contributed by atoms with Crippen LogP contribution < -0.4 is 38.2 Å². The molecule has 2 aromatic heterocycles. The predicted molar refractivity (Wildman–Crippen MR) is 226 cm³/mol. The highest BCUT2D eigenvalue weighted by atomic mass is 16.5. The quantitative estimate of drug-likeness (QED) is 0.0828. The lowest BCUT2D eigenvalue weighted by Crippen LogP contribution is -2.58. The highest BCUT2D eigenvalue weighted by Gasteiger charge is 2.50. The summed E-state index contributed by atoms with van der Waals surface area (Å²) in [6.07, 6.45) is 4.87. The Hall–Kier alpha value is -6.31. The van der Waals surface area contributed by atoms with Gasteiger partial charge in [-0.25, -0.2) is 19.6 Å². The van der Waals surface area contributed by atoms with Gasteiger partial charge in [0.2, 0.25) is 11.8 Å². The van der Waals surface area contributed by atoms with Crippen molar-refractivity contribution in [3.8, 4) is 0 Å². The van der Waals surface area contributed by atoms with Gasteiger partial charge in [0.15, 0.2) is 6.23 Å². The first-order valence-electron chi connectivity index (χ1n) is 21.1. The minimum absolute atomic E-state index is 0.0237. The monoisotopic (exact) mass is 854 g/mol. The lowest BCUT2D eigenvalue weighted by atomic mass is 9.84. The van der Waals surface area contributed by atoms with Crippen LogP contribution in [0.5, 0.6) is 0 Å². The molecule has 4 heterocycles. The molecule has 330 valence electrons. The highest BCUT2D eigenvalue weighted by Crippen LogP contribution is 2.31. The van der Waals surface area contributed by atoms with E-state index in [0.29, 0.717) is 0 Å². The lowest BCUT2D eigenvalue weighted by molar-refractivity contribution is -0.159. The number of aliphatic hydroxyl groups excluding tert-OH is 1. The molecule has 6 amide bonds. The van der Waals surface area contributed by atoms with Gasteiger partial charge in [0.05, 0.1) is 25.2 Å². The van der Waals surface area contributed by atoms with Gasteiger partial charge in [0, 0.05) is 48.7 Å². The highest BCUT2D eigenvalue weighted by molar-refractivity contribution is 5.96. The third kappa shape index (κ3) is 10.1. The predicted octanol–water partition coefficient (Wildman–Crippen LogP) is 0.650. The van der Waals surface area contributed by atoms with E-state index in [4.69, 9.17) is 10.5 Å². The van der Waals surface area contributed by atoms with Gasteiger partial charge < -0.3 is 41.8 Å². The summed E-state index contributed by atoms with van der Waals surface area (Å²) < 4.78 is 7.00. The van der Waals surface area contributed by atoms with Crippen molar-refractivity contribution in [1.82, 2.24) is 45.8 Å². The number of nitrogens with two attached hydrogens (primary N) is 1. The maximum atomic E-state index is 14.3. The minimum Gasteiger partial charge on any atom is -0.388 e. The molecule has 1 saturated carbocycles. The number of carbonyl (C=O) groups excluding carboxylic acids is 5. The molecule has 62 heavy (non-hydrogen) atoms. The Morgan fingerprint density at radius 1 is 0.935 bits per heavy atom. The molecule has 2 aromatic carbocycles. The largest absolute Gasteiger partial charge is 0.388 e. The van der Waals surface area contributed by atoms with E-state index in [-0.39, 0.29) is 38.3 Å². The van der Waals surface area contributed by atoms with Crippen LogP contribution in [-0.2, 0) is 36.9 Å². The zero-order valence-corrected chi connectivity index (χ0v) is 34.5. The third-order valence-corrected chi connectivity index (χ3v) is 12.0. The Kier molecular flexibility index (Phi) is 13.8. The summed E-state index contributed by atoms with van der Waals surface area (Å²) in [7, 11) is 0. The summed E-state index contributed by atoms with van der Waals surface area (Å²) in [5.74, 6) is -2.23. The second-order valence-electron chi connectivity index (χ2n) is 16.3. The topological polar surface area (TPSA) is 266 Å². The molecule has 3 fully saturated rings. The van der Waals surface area contributed by atoms with Crippen molar-refractivity contribution in [3.05, 3.63) is 105 Å². The number of benzene rings is 2. The molecule has 0 radical (unpaired) electrons. The fourth-order valence-corrected chi connectivity index (χ4v) is 8.81. The third-order valence-electron chi connectivity index (χ3n) is 12.0. The summed E-state index contributed by atoms with van der Waals surface area (Å²) in [5.41, 5.74) is 6.92. The molecule has 19 heteroatoms. The van der Waals surface area contributed by atoms with E-state index in [0.717, 1.165) is 74.8 Å². The molecule has 2 aliphatic heterocycles. The average Bonchev–Trinajstić information content (AvgIpc) is 3.92. The van der Waals surface area contributed by atoms with Crippen LogP contribution in [0.15, 0.2) is 82.6 Å². The zero-order valence-electron chi connectivity index (χ0n) is 34.5. The Morgan fingerprint density at radius 3 is 2.40 bits per heavy atom. The average molecular weight is 855 g/mol. The van der Waals surface area contributed by atoms with E-state index < -0.39 is 90.1 Å². The number of ether oxygens (including phenoxy) is 1. The number of para-hydroxylation sites is 1. The standard InChI is InChI=1S/C43H54N10O9/c1-25-37(40(59)52(53(25)36(56)21-44)24-29-20-34(54)41(62-29)51-17-16-35(55)49-43(51)61)50-39(58)32(18-26-10-4-2-5-11-26)47-42(60)48-33(38(57)46-22-27-12-6-3-7-13-27)19-28-23-45-31-15-9-8-14-30(28)31/h3,6-9,12-17,23,25-26,29,32-34,37,41,45,54H,2,4-5,10-11,18-22,24,44H2,1H3,(H,46,57)(H,50,58)(H2,47,48,60)(H,49,55,61)/t25-,29+,32-,33-,34+,37-,41+/m0/s1. The maximum Gasteiger partial charge on any atom is 0.330 e. The van der Waals surface area contributed by atoms with Crippen LogP contribution in [0, 0.1) is 5.92 Å². The molecule has 0 spiro atoms. The Bertz CT molecular complexity index is 2360. The van der Waals surface area contributed by atoms with Gasteiger partial charge in [-0.15, -0.1) is 0 Å². The van der Waals surface area contributed by atoms with Gasteiger partial charge >= 0.3 is 11.7 Å². The number of aromatic nitrogens is 3. The SMILES string of the molecule is C[C@H]1[C@H](NC(=O)[C@H](CC2CCCCC2)NC(=O)N[C@@H](Cc2c[nH]c3ccccc23)C(=O)NCc2ccccc2)C(=O)N(C[C@H]2C[C@@H](O)[C@H](n3ccc(=O)[nH]c3=O)O2)N1C(=O)CN. The van der Waals surface area contributed by atoms with Crippen LogP contribution in [0.25, 0.3) is 10.9 Å². The van der Waals surface area contributed by atoms with Crippen molar-refractivity contribution in [2.24, 2.45) is 11.7 Å². The number of fused-ring (bicyclic) bond motifs is 1. The first-order chi connectivity index (χ1) is 29.9. The first-order valence-corrected chi connectivity index (χ1v) is 21.1. The Balaban J connectivity index is 1.07. The molecule has 1 aliphatic carbocycles. The fourth-order valence-electron chi connectivity index (χ4n) is 8.81. The van der Waals surface area contributed by atoms with Gasteiger partial charge in [-0.05, 0) is 36.5 Å². The number of H-pyrrole nitrogens is 2. The van der Waals surface area contributed by atoms with Crippen LogP contribution in [-0.4, -0.2) is 109 Å². The van der Waals surface area contributed by atoms with Crippen molar-refractivity contribution >= 4 is 40.6 Å². The van der Waals surface area contributed by atoms with Crippen molar-refractivity contribution in [1.29, 1.82) is 0 Å². The number of hydrazine groups is 1. The smallest absolute Gasteiger partial charge is 0.330 e. The molecule has 0 bridgehead atoms. The second-order valence-corrected chi connectivity index (χ2v) is 16.3. The minimum atomic E-state index is -1.25. The summed E-state index contributed by atoms with van der Waals surface area (Å²) in [5, 5.41) is 25.4. The number of amides is 6. The van der Waals surface area contributed by atoms with Crippen LogP contribution >= 0.6 is 0 Å². The van der Waals surface area contributed by atoms with E-state index in [1.54, 1.807) is 13.1 Å². The van der Waals surface area contributed by atoms with E-state index in [1.807, 2.05) is 54.6 Å². The van der Waals surface area contributed by atoms with E-state index in [1.165, 1.54) is 6.20 Å². The fraction of sp³-hybridized carbons (Fsp3) is 0.465. The van der Waals surface area contributed by atoms with Gasteiger partial charge in [0.25, 0.3) is 17.4 Å². The van der Waals surface area contributed by atoms with Crippen LogP contribution in [0.2, 0.25) is 0 Å². The van der Waals surface area contributed by atoms with Gasteiger partial charge in [-0.2, -0.15) is 0 Å². The molecule has 0 unspecified atom stereocenters. The molecular formula is C43H54N10O9. The molecule has 9 N–H and O–H groups in total. The molecular weight excluding hydrogens is 801 g/mol. The molecule has 7 atom stereocenters. The summed E-state index contributed by atoms with van der Waals surface area (Å²) >= 11 is 0. The number of rotatable bonds is 15. The Morgan fingerprint density at radius 2 is 1.66 bits per heavy atom. The van der Waals surface area contributed by atoms with Crippen molar-refractivity contribution in [3.63, 3.8) is 0 Å². The normalized spacial score (nSPS) is 22.6. The van der Waals surface area contributed by atoms with Gasteiger partial charge in [-0.3, -0.25) is 33.5 Å². The van der Waals surface area contributed by atoms with Crippen molar-refractivity contribution in [2.45, 2.75) is 107 Å². The number of urea groups is 1. The van der Waals surface area contributed by atoms with Crippen LogP contribution in [0.1, 0.15) is 69.2 Å². The molecule has 4 aromatic rings. The van der Waals surface area contributed by atoms with Crippen LogP contribution in [0.4, 0.5) is 4.79 Å². The van der Waals surface area contributed by atoms with Crippen molar-refractivity contribution in [2.75, 3.05) is 13.1 Å². The molecule has 19 nitrogen and oxygen atoms in total. The lowest BCUT2D eigenvalue weighted by Gasteiger charge is -2.32. The summed E-state index contributed by atoms with van der Waals surface area (Å²) in [6.45, 7) is 1.13. The number of carbonyl (C=O) groups is 5. The molecule has 2 saturated heterocycles. The number of aliphatic hydroxyl groups is 1. The number of aromatic amines is 2. The van der Waals surface area contributed by atoms with E-state index >= 15 is 0 Å². The maximum absolute atomic E-state index is 14.3. The molecule has 3 aliphatic rings. The summed E-state index contributed by atoms with van der Waals surface area (Å²) in [4.78, 5) is 98.9. The molecule has 7 rings (SSSR count). The number of hydrogen-bond acceptors (Lipinski definition) is 10. The van der Waals surface area contributed by atoms with E-state index in [2.05, 4.69) is 31.2 Å². The first kappa shape index (κ1) is 43.8. The summed E-state index contributed by atoms with van der Waals surface area (Å²) in [6, 6.07) is 13.1. The van der Waals surface area contributed by atoms with Crippen LogP contribution in [0.3, 0.4) is 0 Å². The number of nitrogens with zero attached hydrogens (tertiary/aromatic N) is 3. The van der Waals surface area contributed by atoms with Gasteiger partial charge in [0.1, 0.15) is 24.2 Å². The van der Waals surface area contributed by atoms with Crippen molar-refractivity contribution < 1.29 is 33.8 Å². The number of nitrogens with one attached hydrogen (secondary N) is 6. The Labute approximate surface area is 356 Å². The zero-order chi connectivity index (χ0) is 43.9. The number of hydrogen-bond donors (Lipinski definition) is 8. The van der Waals surface area contributed by atoms with Gasteiger partial charge in [-0.1, -0.05) is 80.6 Å².